The average Bonchev–Trinajstić information content (AvgIpc) is 2.61. The molecule has 3 rings (SSSR count). The van der Waals surface area contributed by atoms with Crippen molar-refractivity contribution in [3.8, 4) is 5.75 Å². The van der Waals surface area contributed by atoms with E-state index in [0.717, 1.165) is 11.1 Å². The van der Waals surface area contributed by atoms with E-state index in [2.05, 4.69) is 5.32 Å². The van der Waals surface area contributed by atoms with Crippen LogP contribution in [-0.2, 0) is 9.59 Å². The van der Waals surface area contributed by atoms with Gasteiger partial charge in [-0.1, -0.05) is 23.7 Å². The smallest absolute Gasteiger partial charge is 0.270 e. The normalized spacial score (nSPS) is 15.9. The molecular formula is C20H17ClN2O3S. The van der Waals surface area contributed by atoms with E-state index < -0.39 is 11.8 Å². The molecule has 0 radical (unpaired) electrons. The van der Waals surface area contributed by atoms with Crippen molar-refractivity contribution in [1.82, 2.24) is 5.32 Å². The fraction of sp³-hybridized carbons (Fsp3) is 0.150. The Morgan fingerprint density at radius 3 is 2.59 bits per heavy atom. The molecule has 1 heterocycles. The topological polar surface area (TPSA) is 58.6 Å². The van der Waals surface area contributed by atoms with Gasteiger partial charge in [0, 0.05) is 10.6 Å². The van der Waals surface area contributed by atoms with Crippen molar-refractivity contribution in [2.45, 2.75) is 13.8 Å². The van der Waals surface area contributed by atoms with Crippen LogP contribution in [-0.4, -0.2) is 24.0 Å². The summed E-state index contributed by atoms with van der Waals surface area (Å²) in [6.07, 6.45) is 1.46. The van der Waals surface area contributed by atoms with Crippen molar-refractivity contribution in [1.29, 1.82) is 0 Å². The Balaban J connectivity index is 2.11. The Kier molecular flexibility index (Phi) is 5.30. The molecule has 1 N–H and O–H groups in total. The molecule has 1 fully saturated rings. The average molecular weight is 401 g/mol. The lowest BCUT2D eigenvalue weighted by molar-refractivity contribution is -0.122. The van der Waals surface area contributed by atoms with Gasteiger partial charge in [0.2, 0.25) is 0 Å². The molecule has 0 aromatic heterocycles. The second-order valence-corrected chi connectivity index (χ2v) is 6.96. The minimum Gasteiger partial charge on any atom is -0.496 e. The Labute approximate surface area is 167 Å². The summed E-state index contributed by atoms with van der Waals surface area (Å²) in [6.45, 7) is 3.80. The van der Waals surface area contributed by atoms with Crippen LogP contribution in [0, 0.1) is 13.8 Å². The van der Waals surface area contributed by atoms with Crippen LogP contribution in [0.2, 0.25) is 5.02 Å². The number of thiocarbonyl (C=S) groups is 1. The zero-order chi connectivity index (χ0) is 19.7. The zero-order valence-electron chi connectivity index (χ0n) is 15.0. The molecule has 7 heteroatoms. The standard InChI is InChI=1S/C20H17ClN2O3S/c1-11-4-5-12(2)16(8-11)23-19(25)15(18(24)22-20(23)27)10-13-9-14(21)6-7-17(13)26-3/h4-10H,1-3H3,(H,22,24,27)/b15-10+. The molecule has 2 aromatic carbocycles. The highest BCUT2D eigenvalue weighted by Crippen LogP contribution is 2.29. The van der Waals surface area contributed by atoms with Crippen molar-refractivity contribution in [3.63, 3.8) is 0 Å². The van der Waals surface area contributed by atoms with E-state index in [0.29, 0.717) is 22.0 Å². The van der Waals surface area contributed by atoms with Gasteiger partial charge >= 0.3 is 0 Å². The van der Waals surface area contributed by atoms with E-state index in [1.165, 1.54) is 18.1 Å². The molecular weight excluding hydrogens is 384 g/mol. The third-order valence-electron chi connectivity index (χ3n) is 4.20. The van der Waals surface area contributed by atoms with Crippen LogP contribution in [0.15, 0.2) is 42.0 Å². The first kappa shape index (κ1) is 19.1. The summed E-state index contributed by atoms with van der Waals surface area (Å²) >= 11 is 11.3. The Hall–Kier alpha value is -2.70. The lowest BCUT2D eigenvalue weighted by atomic mass is 10.0. The van der Waals surface area contributed by atoms with Crippen molar-refractivity contribution in [3.05, 3.63) is 63.7 Å². The molecule has 0 atom stereocenters. The third-order valence-corrected chi connectivity index (χ3v) is 4.72. The van der Waals surface area contributed by atoms with Crippen LogP contribution < -0.4 is 15.0 Å². The first-order valence-electron chi connectivity index (χ1n) is 8.14. The molecule has 0 saturated carbocycles. The zero-order valence-corrected chi connectivity index (χ0v) is 16.6. The maximum atomic E-state index is 13.1. The molecule has 0 bridgehead atoms. The van der Waals surface area contributed by atoms with Gasteiger partial charge in [-0.3, -0.25) is 19.8 Å². The van der Waals surface area contributed by atoms with Crippen LogP contribution in [0.5, 0.6) is 5.75 Å². The lowest BCUT2D eigenvalue weighted by Gasteiger charge is -2.30. The number of methoxy groups -OCH3 is 1. The summed E-state index contributed by atoms with van der Waals surface area (Å²) in [6, 6.07) is 10.7. The minimum atomic E-state index is -0.561. The molecule has 0 aliphatic carbocycles. The van der Waals surface area contributed by atoms with Crippen molar-refractivity contribution in [2.75, 3.05) is 12.0 Å². The number of carbonyl (C=O) groups excluding carboxylic acids is 2. The third kappa shape index (κ3) is 3.72. The molecule has 1 aliphatic rings. The van der Waals surface area contributed by atoms with Gasteiger partial charge in [0.05, 0.1) is 12.8 Å². The number of ether oxygens (including phenoxy) is 1. The number of nitrogens with one attached hydrogen (secondary N) is 1. The quantitative estimate of drug-likeness (QED) is 0.483. The summed E-state index contributed by atoms with van der Waals surface area (Å²) < 4.78 is 5.29. The highest BCUT2D eigenvalue weighted by Gasteiger charge is 2.35. The molecule has 2 aromatic rings. The minimum absolute atomic E-state index is 0.0499. The highest BCUT2D eigenvalue weighted by atomic mass is 35.5. The van der Waals surface area contributed by atoms with Gasteiger partial charge in [0.25, 0.3) is 11.8 Å². The van der Waals surface area contributed by atoms with Gasteiger partial charge in [0.15, 0.2) is 5.11 Å². The highest BCUT2D eigenvalue weighted by molar-refractivity contribution is 7.80. The summed E-state index contributed by atoms with van der Waals surface area (Å²) in [5, 5.41) is 3.10. The number of nitrogens with zero attached hydrogens (tertiary/aromatic N) is 1. The maximum absolute atomic E-state index is 13.1. The van der Waals surface area contributed by atoms with Crippen molar-refractivity contribution < 1.29 is 14.3 Å². The van der Waals surface area contributed by atoms with Gasteiger partial charge in [-0.15, -0.1) is 0 Å². The summed E-state index contributed by atoms with van der Waals surface area (Å²) in [7, 11) is 1.51. The molecule has 5 nitrogen and oxygen atoms in total. The fourth-order valence-corrected chi connectivity index (χ4v) is 3.26. The SMILES string of the molecule is COc1ccc(Cl)cc1/C=C1\C(=O)NC(=S)N(c2cc(C)ccc2C)C1=O. The van der Waals surface area contributed by atoms with Gasteiger partial charge in [-0.25, -0.2) is 0 Å². The second-order valence-electron chi connectivity index (χ2n) is 6.13. The van der Waals surface area contributed by atoms with Gasteiger partial charge < -0.3 is 4.74 Å². The lowest BCUT2D eigenvalue weighted by Crippen LogP contribution is -2.54. The molecule has 27 heavy (non-hydrogen) atoms. The van der Waals surface area contributed by atoms with E-state index in [-0.39, 0.29) is 10.7 Å². The van der Waals surface area contributed by atoms with Gasteiger partial charge in [0.1, 0.15) is 11.3 Å². The van der Waals surface area contributed by atoms with Crippen LogP contribution in [0.3, 0.4) is 0 Å². The van der Waals surface area contributed by atoms with E-state index in [9.17, 15) is 9.59 Å². The Morgan fingerprint density at radius 2 is 1.89 bits per heavy atom. The van der Waals surface area contributed by atoms with Crippen LogP contribution >= 0.6 is 23.8 Å². The Bertz CT molecular complexity index is 1000. The number of anilines is 1. The number of carbonyl (C=O) groups is 2. The number of hydrogen-bond donors (Lipinski definition) is 1. The van der Waals surface area contributed by atoms with E-state index >= 15 is 0 Å². The number of benzene rings is 2. The molecule has 0 unspecified atom stereocenters. The van der Waals surface area contributed by atoms with Crippen molar-refractivity contribution in [2.24, 2.45) is 0 Å². The molecule has 1 aliphatic heterocycles. The molecule has 1 saturated heterocycles. The van der Waals surface area contributed by atoms with Crippen LogP contribution in [0.1, 0.15) is 16.7 Å². The fourth-order valence-electron chi connectivity index (χ4n) is 2.81. The number of rotatable bonds is 3. The monoisotopic (exact) mass is 400 g/mol. The largest absolute Gasteiger partial charge is 0.496 e. The number of halogens is 1. The first-order chi connectivity index (χ1) is 12.8. The summed E-state index contributed by atoms with van der Waals surface area (Å²) in [5.74, 6) is -0.563. The van der Waals surface area contributed by atoms with E-state index in [4.69, 9.17) is 28.6 Å². The molecule has 0 spiro atoms. The second kappa shape index (κ2) is 7.50. The predicted octanol–water partition coefficient (Wildman–Crippen LogP) is 3.80. The van der Waals surface area contributed by atoms with Crippen LogP contribution in [0.4, 0.5) is 5.69 Å². The Morgan fingerprint density at radius 1 is 1.15 bits per heavy atom. The van der Waals surface area contributed by atoms with E-state index in [1.807, 2.05) is 32.0 Å². The maximum Gasteiger partial charge on any atom is 0.270 e. The van der Waals surface area contributed by atoms with Gasteiger partial charge in [-0.2, -0.15) is 0 Å². The number of amides is 2. The first-order valence-corrected chi connectivity index (χ1v) is 8.92. The molecule has 138 valence electrons. The summed E-state index contributed by atoms with van der Waals surface area (Å²) in [5.41, 5.74) is 2.95. The number of hydrogen-bond acceptors (Lipinski definition) is 4. The number of aryl methyl sites for hydroxylation is 2. The molecule has 2 amide bonds. The summed E-state index contributed by atoms with van der Waals surface area (Å²) in [4.78, 5) is 26.9. The predicted molar refractivity (Wildman–Crippen MR) is 110 cm³/mol. The van der Waals surface area contributed by atoms with E-state index in [1.54, 1.807) is 18.2 Å². The van der Waals surface area contributed by atoms with Gasteiger partial charge in [-0.05, 0) is 67.5 Å². The van der Waals surface area contributed by atoms with Crippen molar-refractivity contribution >= 4 is 52.5 Å². The van der Waals surface area contributed by atoms with Crippen LogP contribution in [0.25, 0.3) is 6.08 Å².